The highest BCUT2D eigenvalue weighted by molar-refractivity contribution is 7.98. The molecule has 31 heavy (non-hydrogen) atoms. The summed E-state index contributed by atoms with van der Waals surface area (Å²) < 4.78 is 0. The van der Waals surface area contributed by atoms with Crippen molar-refractivity contribution in [2.75, 3.05) is 6.26 Å². The van der Waals surface area contributed by atoms with Gasteiger partial charge in [0.05, 0.1) is 29.1 Å². The zero-order chi connectivity index (χ0) is 22.0. The van der Waals surface area contributed by atoms with Crippen LogP contribution in [0.25, 0.3) is 23.3 Å². The summed E-state index contributed by atoms with van der Waals surface area (Å²) >= 11 is 1.65. The van der Waals surface area contributed by atoms with Crippen molar-refractivity contribution in [1.29, 1.82) is 0 Å². The van der Waals surface area contributed by atoms with Gasteiger partial charge in [0.25, 0.3) is 11.8 Å². The van der Waals surface area contributed by atoms with E-state index >= 15 is 0 Å². The number of amides is 2. The minimum atomic E-state index is -0.285. The number of imide groups is 1. The van der Waals surface area contributed by atoms with Crippen molar-refractivity contribution in [3.05, 3.63) is 95.3 Å². The maximum Gasteiger partial charge on any atom is 0.261 e. The second kappa shape index (κ2) is 8.74. The lowest BCUT2D eigenvalue weighted by molar-refractivity contribution is 0.0640. The van der Waals surface area contributed by atoms with Gasteiger partial charge in [-0.3, -0.25) is 19.5 Å². The Morgan fingerprint density at radius 2 is 1.58 bits per heavy atom. The first-order chi connectivity index (χ1) is 15.1. The van der Waals surface area contributed by atoms with E-state index < -0.39 is 0 Å². The van der Waals surface area contributed by atoms with Gasteiger partial charge < -0.3 is 0 Å². The first-order valence-electron chi connectivity index (χ1n) is 9.96. The molecule has 0 fully saturated rings. The summed E-state index contributed by atoms with van der Waals surface area (Å²) in [5.74, 6) is -0.571. The van der Waals surface area contributed by atoms with Crippen LogP contribution in [0.15, 0.2) is 72.1 Å². The Balaban J connectivity index is 1.87. The van der Waals surface area contributed by atoms with E-state index in [0.29, 0.717) is 16.8 Å². The van der Waals surface area contributed by atoms with E-state index in [1.807, 2.05) is 49.6 Å². The Kier molecular flexibility index (Phi) is 5.87. The number of benzene rings is 2. The lowest BCUT2D eigenvalue weighted by Crippen LogP contribution is -2.30. The van der Waals surface area contributed by atoms with Crippen LogP contribution >= 0.6 is 11.8 Å². The number of carbonyl (C=O) groups excluding carboxylic acids is 2. The molecule has 0 atom stereocenters. The molecule has 154 valence electrons. The molecule has 1 aromatic heterocycles. The van der Waals surface area contributed by atoms with Crippen molar-refractivity contribution in [3.8, 4) is 11.1 Å². The number of fused-ring (bicyclic) bond motifs is 1. The van der Waals surface area contributed by atoms with E-state index in [2.05, 4.69) is 12.6 Å². The predicted octanol–water partition coefficient (Wildman–Crippen LogP) is 5.94. The molecule has 4 rings (SSSR count). The van der Waals surface area contributed by atoms with Crippen LogP contribution in [0.1, 0.15) is 44.6 Å². The van der Waals surface area contributed by atoms with E-state index in [0.717, 1.165) is 27.3 Å². The zero-order valence-electron chi connectivity index (χ0n) is 17.5. The fourth-order valence-corrected chi connectivity index (χ4v) is 4.40. The number of hydrogen-bond donors (Lipinski definition) is 0. The molecule has 2 heterocycles. The van der Waals surface area contributed by atoms with Crippen molar-refractivity contribution in [2.24, 2.45) is 0 Å². The Morgan fingerprint density at radius 3 is 2.16 bits per heavy atom. The van der Waals surface area contributed by atoms with Gasteiger partial charge in [0.15, 0.2) is 0 Å². The van der Waals surface area contributed by atoms with Gasteiger partial charge in [-0.05, 0) is 49.1 Å². The number of rotatable bonds is 6. The van der Waals surface area contributed by atoms with Crippen LogP contribution in [-0.4, -0.2) is 28.0 Å². The van der Waals surface area contributed by atoms with Crippen molar-refractivity contribution >= 4 is 35.7 Å². The molecule has 2 aromatic carbocycles. The Labute approximate surface area is 186 Å². The molecule has 0 saturated heterocycles. The van der Waals surface area contributed by atoms with Crippen LogP contribution in [-0.2, 0) is 6.54 Å². The zero-order valence-corrected chi connectivity index (χ0v) is 18.3. The molecular formula is C26H22N2O2S. The molecule has 1 aliphatic rings. The SMILES string of the molecule is C=Cc1cc(-c2ccccc2SC)c(CN2C(=O)c3ccccc3C2=O)nc1/C=C\C. The average Bonchev–Trinajstić information content (AvgIpc) is 3.04. The number of hydrogen-bond acceptors (Lipinski definition) is 4. The average molecular weight is 427 g/mol. The van der Waals surface area contributed by atoms with Crippen LogP contribution in [0.5, 0.6) is 0 Å². The summed E-state index contributed by atoms with van der Waals surface area (Å²) in [6.07, 6.45) is 7.63. The van der Waals surface area contributed by atoms with Crippen LogP contribution in [0.4, 0.5) is 0 Å². The molecule has 0 unspecified atom stereocenters. The summed E-state index contributed by atoms with van der Waals surface area (Å²) in [7, 11) is 0. The molecular weight excluding hydrogens is 404 g/mol. The minimum absolute atomic E-state index is 0.104. The van der Waals surface area contributed by atoms with Crippen molar-refractivity contribution in [2.45, 2.75) is 18.4 Å². The first-order valence-corrected chi connectivity index (χ1v) is 11.2. The van der Waals surface area contributed by atoms with Crippen LogP contribution < -0.4 is 0 Å². The van der Waals surface area contributed by atoms with Gasteiger partial charge in [-0.2, -0.15) is 0 Å². The number of thioether (sulfide) groups is 1. The minimum Gasteiger partial charge on any atom is -0.269 e. The number of carbonyl (C=O) groups is 2. The summed E-state index contributed by atoms with van der Waals surface area (Å²) in [6.45, 7) is 5.97. The van der Waals surface area contributed by atoms with Crippen LogP contribution in [0, 0.1) is 0 Å². The van der Waals surface area contributed by atoms with Gasteiger partial charge in [0.1, 0.15) is 0 Å². The van der Waals surface area contributed by atoms with E-state index in [4.69, 9.17) is 4.98 Å². The van der Waals surface area contributed by atoms with E-state index in [9.17, 15) is 9.59 Å². The molecule has 4 nitrogen and oxygen atoms in total. The highest BCUT2D eigenvalue weighted by atomic mass is 32.2. The quantitative estimate of drug-likeness (QED) is 0.361. The fraction of sp³-hybridized carbons (Fsp3) is 0.115. The van der Waals surface area contributed by atoms with Crippen molar-refractivity contribution in [3.63, 3.8) is 0 Å². The second-order valence-electron chi connectivity index (χ2n) is 7.10. The molecule has 5 heteroatoms. The molecule has 0 aliphatic carbocycles. The maximum atomic E-state index is 13.0. The molecule has 0 saturated carbocycles. The van der Waals surface area contributed by atoms with Crippen molar-refractivity contribution in [1.82, 2.24) is 9.88 Å². The molecule has 2 amide bonds. The number of allylic oxidation sites excluding steroid dienone is 1. The molecule has 1 aliphatic heterocycles. The lowest BCUT2D eigenvalue weighted by Gasteiger charge is -2.19. The smallest absolute Gasteiger partial charge is 0.261 e. The third-order valence-electron chi connectivity index (χ3n) is 5.29. The summed E-state index contributed by atoms with van der Waals surface area (Å²) in [4.78, 5) is 33.2. The largest absolute Gasteiger partial charge is 0.269 e. The fourth-order valence-electron chi connectivity index (χ4n) is 3.79. The van der Waals surface area contributed by atoms with Gasteiger partial charge in [0, 0.05) is 16.0 Å². The van der Waals surface area contributed by atoms with Crippen molar-refractivity contribution < 1.29 is 9.59 Å². The molecule has 0 radical (unpaired) electrons. The Hall–Kier alpha value is -3.44. The van der Waals surface area contributed by atoms with Gasteiger partial charge in [-0.1, -0.05) is 49.1 Å². The van der Waals surface area contributed by atoms with E-state index in [-0.39, 0.29) is 18.4 Å². The van der Waals surface area contributed by atoms with E-state index in [1.165, 1.54) is 4.90 Å². The first kappa shape index (κ1) is 20.8. The van der Waals surface area contributed by atoms with Gasteiger partial charge >= 0.3 is 0 Å². The lowest BCUT2D eigenvalue weighted by atomic mass is 9.99. The Bertz CT molecular complexity index is 1190. The highest BCUT2D eigenvalue weighted by Crippen LogP contribution is 2.35. The molecule has 0 bridgehead atoms. The normalized spacial score (nSPS) is 13.2. The van der Waals surface area contributed by atoms with Gasteiger partial charge in [-0.25, -0.2) is 0 Å². The summed E-state index contributed by atoms with van der Waals surface area (Å²) in [5, 5.41) is 0. The number of nitrogens with zero attached hydrogens (tertiary/aromatic N) is 2. The monoisotopic (exact) mass is 426 g/mol. The van der Waals surface area contributed by atoms with Crippen LogP contribution in [0.3, 0.4) is 0 Å². The third kappa shape index (κ3) is 3.73. The Morgan fingerprint density at radius 1 is 0.968 bits per heavy atom. The topological polar surface area (TPSA) is 50.3 Å². The standard InChI is InChI=1S/C26H22N2O2S/c1-4-10-22-17(5-2)15-21(18-11-8-9-14-24(18)31-3)23(27-22)16-28-25(29)19-12-6-7-13-20(19)26(28)30/h4-15H,2,16H2,1,3H3/b10-4-. The van der Waals surface area contributed by atoms with Crippen LogP contribution in [0.2, 0.25) is 0 Å². The summed E-state index contributed by atoms with van der Waals surface area (Å²) in [6, 6.07) is 17.0. The predicted molar refractivity (Wildman–Crippen MR) is 127 cm³/mol. The molecule has 0 N–H and O–H groups in total. The number of aromatic nitrogens is 1. The highest BCUT2D eigenvalue weighted by Gasteiger charge is 2.36. The van der Waals surface area contributed by atoms with E-state index in [1.54, 1.807) is 42.1 Å². The maximum absolute atomic E-state index is 13.0. The van der Waals surface area contributed by atoms with Gasteiger partial charge in [0.2, 0.25) is 0 Å². The number of pyridine rings is 1. The van der Waals surface area contributed by atoms with Gasteiger partial charge in [-0.15, -0.1) is 11.8 Å². The second-order valence-corrected chi connectivity index (χ2v) is 7.95. The molecule has 0 spiro atoms. The summed E-state index contributed by atoms with van der Waals surface area (Å²) in [5.41, 5.74) is 5.12. The third-order valence-corrected chi connectivity index (χ3v) is 6.09. The molecule has 3 aromatic rings.